The van der Waals surface area contributed by atoms with E-state index < -0.39 is 47.7 Å². The van der Waals surface area contributed by atoms with Crippen LogP contribution < -0.4 is 15.2 Å². The summed E-state index contributed by atoms with van der Waals surface area (Å²) in [5, 5.41) is 0. The van der Waals surface area contributed by atoms with Gasteiger partial charge in [0.1, 0.15) is 24.4 Å². The molecule has 0 heterocycles. The number of carbonyl (C=O) groups is 4. The Kier molecular flexibility index (Phi) is 13.6. The van der Waals surface area contributed by atoms with Gasteiger partial charge in [-0.1, -0.05) is 54.5 Å². The molecule has 0 aliphatic heterocycles. The molecule has 1 aromatic rings. The van der Waals surface area contributed by atoms with Crippen molar-refractivity contribution in [1.82, 2.24) is 0 Å². The van der Waals surface area contributed by atoms with Gasteiger partial charge in [0.05, 0.1) is 11.8 Å². The first kappa shape index (κ1) is 34.9. The van der Waals surface area contributed by atoms with E-state index in [9.17, 15) is 19.2 Å². The summed E-state index contributed by atoms with van der Waals surface area (Å²) in [7, 11) is 0. The van der Waals surface area contributed by atoms with Crippen molar-refractivity contribution in [2.45, 2.75) is 99.8 Å². The molecule has 0 saturated carbocycles. The minimum Gasteiger partial charge on any atom is -0.458 e. The Labute approximate surface area is 238 Å². The van der Waals surface area contributed by atoms with Crippen LogP contribution in [-0.2, 0) is 35.0 Å². The van der Waals surface area contributed by atoms with E-state index in [4.69, 9.17) is 29.4 Å². The molecule has 0 aromatic heterocycles. The van der Waals surface area contributed by atoms with Crippen LogP contribution in [0.5, 0.6) is 11.5 Å². The van der Waals surface area contributed by atoms with Crippen molar-refractivity contribution in [1.29, 1.82) is 0 Å². The lowest BCUT2D eigenvalue weighted by Gasteiger charge is -2.23. The van der Waals surface area contributed by atoms with Gasteiger partial charge in [-0.15, -0.1) is 0 Å². The van der Waals surface area contributed by atoms with E-state index in [2.05, 4.69) is 0 Å². The molecule has 226 valence electrons. The lowest BCUT2D eigenvalue weighted by atomic mass is 9.98. The number of ether oxygens (including phenoxy) is 5. The minimum atomic E-state index is -1.05. The average molecular weight is 566 g/mol. The Hall–Kier alpha value is -3.14. The van der Waals surface area contributed by atoms with Gasteiger partial charge in [0, 0.05) is 0 Å². The maximum Gasteiger partial charge on any atom is 0.508 e. The number of hydrogen-bond donors (Lipinski definition) is 1. The highest BCUT2D eigenvalue weighted by molar-refractivity contribution is 5.79. The topological polar surface area (TPSA) is 140 Å². The van der Waals surface area contributed by atoms with Crippen molar-refractivity contribution < 1.29 is 42.9 Å². The van der Waals surface area contributed by atoms with Crippen LogP contribution in [0.4, 0.5) is 4.79 Å². The van der Waals surface area contributed by atoms with Gasteiger partial charge in [-0.05, 0) is 63.1 Å². The number of benzene rings is 1. The van der Waals surface area contributed by atoms with E-state index in [0.29, 0.717) is 12.0 Å². The first-order chi connectivity index (χ1) is 18.5. The summed E-state index contributed by atoms with van der Waals surface area (Å²) in [6, 6.07) is 3.62. The number of carbonyl (C=O) groups excluding carboxylic acids is 4. The highest BCUT2D eigenvalue weighted by atomic mass is 16.7. The van der Waals surface area contributed by atoms with Gasteiger partial charge in [-0.25, -0.2) is 4.79 Å². The zero-order chi connectivity index (χ0) is 30.8. The molecule has 0 saturated heterocycles. The van der Waals surface area contributed by atoms with Gasteiger partial charge in [-0.3, -0.25) is 14.4 Å². The van der Waals surface area contributed by atoms with E-state index in [1.165, 1.54) is 12.1 Å². The Morgan fingerprint density at radius 1 is 0.825 bits per heavy atom. The molecule has 10 heteroatoms. The van der Waals surface area contributed by atoms with Crippen LogP contribution in [0, 0.1) is 23.7 Å². The summed E-state index contributed by atoms with van der Waals surface area (Å²) in [6.45, 7) is 17.9. The van der Waals surface area contributed by atoms with Gasteiger partial charge in [0.2, 0.25) is 0 Å². The summed E-state index contributed by atoms with van der Waals surface area (Å²) in [5.74, 6) is -2.12. The van der Waals surface area contributed by atoms with Crippen LogP contribution in [-0.4, -0.2) is 48.4 Å². The zero-order valence-electron chi connectivity index (χ0n) is 25.6. The van der Waals surface area contributed by atoms with Crippen LogP contribution in [0.3, 0.4) is 0 Å². The van der Waals surface area contributed by atoms with E-state index in [0.717, 1.165) is 0 Å². The van der Waals surface area contributed by atoms with Crippen LogP contribution in [0.25, 0.3) is 0 Å². The number of nitrogens with two attached hydrogens (primary N) is 1. The third-order valence-corrected chi connectivity index (χ3v) is 6.90. The molecule has 0 fully saturated rings. The zero-order valence-corrected chi connectivity index (χ0v) is 25.6. The first-order valence-electron chi connectivity index (χ1n) is 13.9. The fourth-order valence-corrected chi connectivity index (χ4v) is 2.96. The van der Waals surface area contributed by atoms with E-state index in [1.54, 1.807) is 40.7 Å². The van der Waals surface area contributed by atoms with Gasteiger partial charge in [-0.2, -0.15) is 0 Å². The maximum atomic E-state index is 12.7. The van der Waals surface area contributed by atoms with Crippen molar-refractivity contribution >= 4 is 24.1 Å². The van der Waals surface area contributed by atoms with Gasteiger partial charge in [0.25, 0.3) is 0 Å². The summed E-state index contributed by atoms with van der Waals surface area (Å²) in [5.41, 5.74) is 5.98. The van der Waals surface area contributed by atoms with E-state index in [-0.39, 0.29) is 42.3 Å². The third kappa shape index (κ3) is 11.5. The Balaban J connectivity index is 2.94. The first-order valence-corrected chi connectivity index (χ1v) is 13.9. The summed E-state index contributed by atoms with van der Waals surface area (Å²) >= 11 is 0. The van der Waals surface area contributed by atoms with Gasteiger partial charge < -0.3 is 29.4 Å². The van der Waals surface area contributed by atoms with Crippen molar-refractivity contribution in [3.63, 3.8) is 0 Å². The second-order valence-electron chi connectivity index (χ2n) is 11.5. The second-order valence-corrected chi connectivity index (χ2v) is 11.5. The molecular weight excluding hydrogens is 518 g/mol. The lowest BCUT2D eigenvalue weighted by molar-refractivity contribution is -0.152. The molecule has 0 amide bonds. The quantitative estimate of drug-likeness (QED) is 0.236. The van der Waals surface area contributed by atoms with Gasteiger partial charge >= 0.3 is 24.1 Å². The molecule has 10 nitrogen and oxygen atoms in total. The predicted molar refractivity (Wildman–Crippen MR) is 150 cm³/mol. The predicted octanol–water partition coefficient (Wildman–Crippen LogP) is 5.22. The number of esters is 3. The van der Waals surface area contributed by atoms with E-state index >= 15 is 0 Å². The lowest BCUT2D eigenvalue weighted by Crippen LogP contribution is -2.37. The molecule has 1 rings (SSSR count). The molecular formula is C30H47NO9. The largest absolute Gasteiger partial charge is 0.508 e. The second kappa shape index (κ2) is 15.6. The monoisotopic (exact) mass is 565 g/mol. The highest BCUT2D eigenvalue weighted by Gasteiger charge is 2.26. The molecule has 0 aliphatic carbocycles. The van der Waals surface area contributed by atoms with E-state index in [1.807, 2.05) is 34.6 Å². The Bertz CT molecular complexity index is 1020. The molecule has 40 heavy (non-hydrogen) atoms. The minimum absolute atomic E-state index is 0.0387. The molecule has 0 aliphatic rings. The molecule has 4 atom stereocenters. The molecule has 0 bridgehead atoms. The SMILES string of the molecule is CCC(C)(C)OC(=O)OC[C@H](C)OC(=O)[C@@H](N)Cc1ccc(OC(=O)C(C)C(C)C)c(OC(=O)C(C)C(C)C)c1. The summed E-state index contributed by atoms with van der Waals surface area (Å²) in [6.07, 6.45) is -0.939. The van der Waals surface area contributed by atoms with Crippen molar-refractivity contribution in [2.75, 3.05) is 6.61 Å². The van der Waals surface area contributed by atoms with Crippen molar-refractivity contribution in [2.24, 2.45) is 29.4 Å². The van der Waals surface area contributed by atoms with Crippen LogP contribution in [0.15, 0.2) is 18.2 Å². The Morgan fingerprint density at radius 3 is 1.85 bits per heavy atom. The maximum absolute atomic E-state index is 12.7. The summed E-state index contributed by atoms with van der Waals surface area (Å²) in [4.78, 5) is 49.7. The molecule has 0 spiro atoms. The summed E-state index contributed by atoms with van der Waals surface area (Å²) < 4.78 is 26.7. The fraction of sp³-hybridized carbons (Fsp3) is 0.667. The normalized spacial score (nSPS) is 14.6. The van der Waals surface area contributed by atoms with Crippen LogP contribution >= 0.6 is 0 Å². The fourth-order valence-electron chi connectivity index (χ4n) is 2.96. The van der Waals surface area contributed by atoms with Crippen LogP contribution in [0.2, 0.25) is 0 Å². The molecule has 0 radical (unpaired) electrons. The molecule has 1 aromatic carbocycles. The molecule has 2 N–H and O–H groups in total. The molecule has 2 unspecified atom stereocenters. The van der Waals surface area contributed by atoms with Crippen LogP contribution in [0.1, 0.15) is 81.2 Å². The van der Waals surface area contributed by atoms with Crippen molar-refractivity contribution in [3.8, 4) is 11.5 Å². The third-order valence-electron chi connectivity index (χ3n) is 6.90. The number of rotatable bonds is 14. The van der Waals surface area contributed by atoms with Crippen molar-refractivity contribution in [3.05, 3.63) is 23.8 Å². The average Bonchev–Trinajstić information content (AvgIpc) is 2.87. The van der Waals surface area contributed by atoms with Gasteiger partial charge in [0.15, 0.2) is 11.5 Å². The smallest absolute Gasteiger partial charge is 0.458 e. The number of hydrogen-bond acceptors (Lipinski definition) is 10. The highest BCUT2D eigenvalue weighted by Crippen LogP contribution is 2.31. The standard InChI is InChI=1S/C30H47NO9/c1-11-30(9,10)40-29(35)36-16-19(6)37-28(34)23(31)14-22-12-13-24(38-26(32)20(7)17(2)3)25(15-22)39-27(33)21(8)18(4)5/h12-13,15,17-21,23H,11,14,16,31H2,1-10H3/t19-,20?,21?,23-/m0/s1. The Morgan fingerprint density at radius 2 is 1.35 bits per heavy atom.